The number of fused-ring (bicyclic) bond motifs is 1. The third kappa shape index (κ3) is 2.88. The van der Waals surface area contributed by atoms with E-state index in [0.29, 0.717) is 16.9 Å². The Balaban J connectivity index is 1.66. The molecule has 1 N–H and O–H groups in total. The van der Waals surface area contributed by atoms with Crippen LogP contribution < -0.4 is 9.96 Å². The van der Waals surface area contributed by atoms with Gasteiger partial charge in [0.05, 0.1) is 11.4 Å². The van der Waals surface area contributed by atoms with Crippen LogP contribution in [0.1, 0.15) is 18.5 Å². The van der Waals surface area contributed by atoms with Crippen molar-refractivity contribution < 1.29 is 19.5 Å². The second kappa shape index (κ2) is 7.21. The number of aromatic hydroxyl groups is 1. The number of para-hydroxylation sites is 2. The highest BCUT2D eigenvalue weighted by Crippen LogP contribution is 2.56. The second-order valence-corrected chi connectivity index (χ2v) is 8.76. The van der Waals surface area contributed by atoms with Gasteiger partial charge >= 0.3 is 0 Å². The van der Waals surface area contributed by atoms with Crippen molar-refractivity contribution in [1.82, 2.24) is 0 Å². The van der Waals surface area contributed by atoms with Gasteiger partial charge in [-0.05, 0) is 49.4 Å². The fraction of sp³-hybridized carbons (Fsp3) is 0.167. The molecule has 7 heteroatoms. The third-order valence-electron chi connectivity index (χ3n) is 6.00. The van der Waals surface area contributed by atoms with Crippen molar-refractivity contribution >= 4 is 39.1 Å². The minimum atomic E-state index is -1.24. The van der Waals surface area contributed by atoms with Gasteiger partial charge in [-0.25, -0.2) is 9.96 Å². The molecule has 3 aromatic rings. The number of nitrogens with zero attached hydrogens (tertiary/aromatic N) is 2. The Morgan fingerprint density at radius 1 is 0.903 bits per heavy atom. The third-order valence-corrected chi connectivity index (χ3v) is 6.53. The van der Waals surface area contributed by atoms with Gasteiger partial charge in [-0.2, -0.15) is 0 Å². The molecule has 31 heavy (non-hydrogen) atoms. The van der Waals surface area contributed by atoms with Crippen molar-refractivity contribution in [2.45, 2.75) is 19.1 Å². The summed E-state index contributed by atoms with van der Waals surface area (Å²) >= 11 is 3.38. The lowest BCUT2D eigenvalue weighted by Gasteiger charge is -2.33. The van der Waals surface area contributed by atoms with Crippen LogP contribution in [-0.2, 0) is 14.4 Å². The fourth-order valence-corrected chi connectivity index (χ4v) is 4.71. The zero-order valence-corrected chi connectivity index (χ0v) is 18.2. The van der Waals surface area contributed by atoms with Crippen molar-refractivity contribution in [2.24, 2.45) is 5.41 Å². The minimum absolute atomic E-state index is 0.0428. The van der Waals surface area contributed by atoms with E-state index >= 15 is 0 Å². The standard InChI is InChI=1S/C24H19BrN2O4/c1-24-20(18-9-5-6-10-19(18)28)27(17-7-3-2-4-8-17)31-21(24)22(29)26(23(24)30)16-13-11-15(25)12-14-16/h2-14,20-21,28H,1H3/t20-,21+,24+/m0/s1. The number of hydrogen-bond acceptors (Lipinski definition) is 5. The van der Waals surface area contributed by atoms with E-state index in [9.17, 15) is 14.7 Å². The smallest absolute Gasteiger partial charge is 0.266 e. The molecule has 0 unspecified atom stereocenters. The number of phenols is 1. The van der Waals surface area contributed by atoms with E-state index in [1.165, 1.54) is 4.90 Å². The first kappa shape index (κ1) is 19.8. The number of hydrogen-bond donors (Lipinski definition) is 1. The van der Waals surface area contributed by atoms with Gasteiger partial charge in [0, 0.05) is 10.0 Å². The molecule has 2 aliphatic heterocycles. The first-order valence-electron chi connectivity index (χ1n) is 9.86. The number of carbonyl (C=O) groups is 2. The summed E-state index contributed by atoms with van der Waals surface area (Å²) < 4.78 is 0.848. The number of anilines is 2. The van der Waals surface area contributed by atoms with E-state index in [4.69, 9.17) is 4.84 Å². The number of amides is 2. The molecular formula is C24H19BrN2O4. The van der Waals surface area contributed by atoms with Crippen LogP contribution in [0.3, 0.4) is 0 Å². The zero-order valence-electron chi connectivity index (χ0n) is 16.6. The molecule has 0 aromatic heterocycles. The maximum absolute atomic E-state index is 13.8. The lowest BCUT2D eigenvalue weighted by Crippen LogP contribution is -2.41. The number of rotatable bonds is 3. The molecule has 0 radical (unpaired) electrons. The lowest BCUT2D eigenvalue weighted by atomic mass is 9.76. The molecule has 6 nitrogen and oxygen atoms in total. The van der Waals surface area contributed by atoms with Crippen LogP contribution in [0.5, 0.6) is 5.75 Å². The summed E-state index contributed by atoms with van der Waals surface area (Å²) in [5.41, 5.74) is 0.468. The highest BCUT2D eigenvalue weighted by atomic mass is 79.9. The maximum Gasteiger partial charge on any atom is 0.266 e. The molecule has 0 spiro atoms. The Morgan fingerprint density at radius 3 is 2.23 bits per heavy atom. The molecule has 0 saturated carbocycles. The van der Waals surface area contributed by atoms with Gasteiger partial charge in [-0.3, -0.25) is 14.4 Å². The van der Waals surface area contributed by atoms with E-state index in [0.717, 1.165) is 4.47 Å². The van der Waals surface area contributed by atoms with E-state index in [-0.39, 0.29) is 11.7 Å². The maximum atomic E-state index is 13.8. The van der Waals surface area contributed by atoms with Crippen LogP contribution in [-0.4, -0.2) is 23.0 Å². The summed E-state index contributed by atoms with van der Waals surface area (Å²) in [6, 6.07) is 22.4. The molecule has 2 fully saturated rings. The molecule has 156 valence electrons. The first-order valence-corrected chi connectivity index (χ1v) is 10.6. The van der Waals surface area contributed by atoms with Gasteiger partial charge in [-0.15, -0.1) is 0 Å². The lowest BCUT2D eigenvalue weighted by molar-refractivity contribution is -0.128. The van der Waals surface area contributed by atoms with Crippen molar-refractivity contribution in [3.63, 3.8) is 0 Å². The Kier molecular flexibility index (Phi) is 4.60. The van der Waals surface area contributed by atoms with E-state index < -0.39 is 23.5 Å². The van der Waals surface area contributed by atoms with Crippen LogP contribution in [0.25, 0.3) is 0 Å². The van der Waals surface area contributed by atoms with Gasteiger partial charge in [0.1, 0.15) is 17.2 Å². The molecule has 2 heterocycles. The number of benzene rings is 3. The molecule has 3 atom stereocenters. The van der Waals surface area contributed by atoms with Crippen molar-refractivity contribution in [1.29, 1.82) is 0 Å². The Bertz CT molecular complexity index is 1170. The minimum Gasteiger partial charge on any atom is -0.508 e. The van der Waals surface area contributed by atoms with Crippen molar-refractivity contribution in [2.75, 3.05) is 9.96 Å². The number of imide groups is 1. The summed E-state index contributed by atoms with van der Waals surface area (Å²) in [5.74, 6) is -0.744. The molecule has 2 aliphatic rings. The molecule has 3 aromatic carbocycles. The molecule has 5 rings (SSSR count). The van der Waals surface area contributed by atoms with Crippen LogP contribution in [0.4, 0.5) is 11.4 Å². The normalized spacial score (nSPS) is 25.2. The summed E-state index contributed by atoms with van der Waals surface area (Å²) in [6.07, 6.45) is -1.02. The average Bonchev–Trinajstić information content (AvgIpc) is 3.19. The number of halogens is 1. The van der Waals surface area contributed by atoms with Gasteiger partial charge in [0.25, 0.3) is 5.91 Å². The average molecular weight is 479 g/mol. The van der Waals surface area contributed by atoms with Crippen LogP contribution >= 0.6 is 15.9 Å². The van der Waals surface area contributed by atoms with Gasteiger partial charge < -0.3 is 5.11 Å². The largest absolute Gasteiger partial charge is 0.508 e. The monoisotopic (exact) mass is 478 g/mol. The molecule has 0 aliphatic carbocycles. The zero-order chi connectivity index (χ0) is 21.8. The topological polar surface area (TPSA) is 70.1 Å². The highest BCUT2D eigenvalue weighted by Gasteiger charge is 2.69. The Morgan fingerprint density at radius 2 is 1.55 bits per heavy atom. The molecular weight excluding hydrogens is 460 g/mol. The van der Waals surface area contributed by atoms with Gasteiger partial charge in [-0.1, -0.05) is 52.3 Å². The Hall–Kier alpha value is -3.16. The van der Waals surface area contributed by atoms with E-state index in [1.54, 1.807) is 60.5 Å². The highest BCUT2D eigenvalue weighted by molar-refractivity contribution is 9.10. The molecule has 2 amide bonds. The van der Waals surface area contributed by atoms with E-state index in [2.05, 4.69) is 15.9 Å². The first-order chi connectivity index (χ1) is 14.9. The summed E-state index contributed by atoms with van der Waals surface area (Å²) in [6.45, 7) is 1.73. The summed E-state index contributed by atoms with van der Waals surface area (Å²) in [5, 5.41) is 12.2. The predicted octanol–water partition coefficient (Wildman–Crippen LogP) is 4.60. The van der Waals surface area contributed by atoms with Gasteiger partial charge in [0.15, 0.2) is 6.10 Å². The fourth-order valence-electron chi connectivity index (χ4n) is 4.45. The number of phenolic OH excluding ortho intramolecular Hbond substituents is 1. The SMILES string of the molecule is C[C@]12C(=O)N(c3ccc(Br)cc3)C(=O)[C@H]1ON(c1ccccc1)[C@H]2c1ccccc1O. The van der Waals surface area contributed by atoms with Gasteiger partial charge in [0.2, 0.25) is 5.91 Å². The summed E-state index contributed by atoms with van der Waals surface area (Å²) in [4.78, 5) is 34.5. The number of hydroxylamine groups is 1. The van der Waals surface area contributed by atoms with Crippen LogP contribution in [0.2, 0.25) is 0 Å². The van der Waals surface area contributed by atoms with Crippen molar-refractivity contribution in [3.05, 3.63) is 88.9 Å². The predicted molar refractivity (Wildman–Crippen MR) is 119 cm³/mol. The summed E-state index contributed by atoms with van der Waals surface area (Å²) in [7, 11) is 0. The molecule has 0 bridgehead atoms. The quantitative estimate of drug-likeness (QED) is 0.557. The molecule has 2 saturated heterocycles. The van der Waals surface area contributed by atoms with Crippen LogP contribution in [0.15, 0.2) is 83.3 Å². The second-order valence-electron chi connectivity index (χ2n) is 7.85. The van der Waals surface area contributed by atoms with Crippen LogP contribution in [0, 0.1) is 5.41 Å². The van der Waals surface area contributed by atoms with E-state index in [1.807, 2.05) is 30.3 Å². The van der Waals surface area contributed by atoms with Crippen molar-refractivity contribution in [3.8, 4) is 5.75 Å². The number of carbonyl (C=O) groups excluding carboxylic acids is 2. The Labute approximate surface area is 187 Å².